The van der Waals surface area contributed by atoms with Gasteiger partial charge in [-0.15, -0.1) is 0 Å². The third kappa shape index (κ3) is 3.46. The van der Waals surface area contributed by atoms with Crippen molar-refractivity contribution in [3.8, 4) is 5.75 Å². The van der Waals surface area contributed by atoms with Crippen molar-refractivity contribution in [1.29, 1.82) is 0 Å². The molecular weight excluding hydrogens is 296 g/mol. The van der Waals surface area contributed by atoms with Crippen LogP contribution in [0.15, 0.2) is 16.6 Å². The van der Waals surface area contributed by atoms with Gasteiger partial charge in [-0.2, -0.15) is 0 Å². The monoisotopic (exact) mass is 314 g/mol. The maximum absolute atomic E-state index is 9.96. The first-order valence-electron chi connectivity index (χ1n) is 6.40. The Bertz CT molecular complexity index is 406. The van der Waals surface area contributed by atoms with Crippen LogP contribution in [0.25, 0.3) is 0 Å². The molecule has 0 saturated heterocycles. The Morgan fingerprint density at radius 1 is 1.50 bits per heavy atom. The summed E-state index contributed by atoms with van der Waals surface area (Å²) in [5, 5.41) is 9.96. The lowest BCUT2D eigenvalue weighted by atomic mass is 10.0. The van der Waals surface area contributed by atoms with Crippen molar-refractivity contribution < 1.29 is 14.6 Å². The van der Waals surface area contributed by atoms with Crippen LogP contribution >= 0.6 is 15.9 Å². The Morgan fingerprint density at radius 3 is 3.11 bits per heavy atom. The largest absolute Gasteiger partial charge is 0.493 e. The van der Waals surface area contributed by atoms with Crippen molar-refractivity contribution in [3.63, 3.8) is 0 Å². The number of aliphatic hydroxyl groups excluding tert-OH is 1. The molecule has 1 aliphatic rings. The summed E-state index contributed by atoms with van der Waals surface area (Å²) in [6.45, 7) is 3.88. The van der Waals surface area contributed by atoms with Crippen LogP contribution in [0.5, 0.6) is 5.75 Å². The van der Waals surface area contributed by atoms with E-state index in [9.17, 15) is 5.11 Å². The molecule has 0 saturated carbocycles. The number of halogens is 1. The van der Waals surface area contributed by atoms with Gasteiger partial charge < -0.3 is 14.6 Å². The first-order valence-corrected chi connectivity index (χ1v) is 7.20. The van der Waals surface area contributed by atoms with Crippen LogP contribution in [0.1, 0.15) is 24.5 Å². The molecule has 0 spiro atoms. The van der Waals surface area contributed by atoms with Gasteiger partial charge in [-0.1, -0.05) is 22.9 Å². The fourth-order valence-corrected chi connectivity index (χ4v) is 2.73. The Hall–Kier alpha value is -0.580. The van der Waals surface area contributed by atoms with Gasteiger partial charge in [-0.25, -0.2) is 0 Å². The van der Waals surface area contributed by atoms with Gasteiger partial charge >= 0.3 is 0 Å². The zero-order valence-electron chi connectivity index (χ0n) is 10.6. The van der Waals surface area contributed by atoms with E-state index in [0.29, 0.717) is 19.6 Å². The first-order chi connectivity index (χ1) is 8.70. The summed E-state index contributed by atoms with van der Waals surface area (Å²) in [4.78, 5) is 0. The van der Waals surface area contributed by atoms with Gasteiger partial charge in [-0.05, 0) is 29.7 Å². The zero-order chi connectivity index (χ0) is 13.0. The Balaban J connectivity index is 2.00. The number of hydrogen-bond acceptors (Lipinski definition) is 3. The number of fused-ring (bicyclic) bond motifs is 1. The summed E-state index contributed by atoms with van der Waals surface area (Å²) in [7, 11) is 0. The second-order valence-electron chi connectivity index (χ2n) is 4.58. The highest BCUT2D eigenvalue weighted by Gasteiger charge is 2.19. The summed E-state index contributed by atoms with van der Waals surface area (Å²) in [6.07, 6.45) is 2.02. The van der Waals surface area contributed by atoms with E-state index in [2.05, 4.69) is 28.9 Å². The Labute approximate surface area is 116 Å². The molecule has 1 unspecified atom stereocenters. The minimum Gasteiger partial charge on any atom is -0.493 e. The summed E-state index contributed by atoms with van der Waals surface area (Å²) >= 11 is 3.50. The van der Waals surface area contributed by atoms with Gasteiger partial charge in [0.05, 0.1) is 19.3 Å². The Kier molecular flexibility index (Phi) is 5.03. The van der Waals surface area contributed by atoms with Crippen molar-refractivity contribution in [2.24, 2.45) is 0 Å². The third-order valence-corrected chi connectivity index (χ3v) is 3.40. The van der Waals surface area contributed by atoms with E-state index in [-0.39, 0.29) is 0 Å². The molecule has 4 heteroatoms. The maximum atomic E-state index is 9.96. The lowest BCUT2D eigenvalue weighted by molar-refractivity contribution is 0.0371. The lowest BCUT2D eigenvalue weighted by Crippen LogP contribution is -2.18. The van der Waals surface area contributed by atoms with Crippen molar-refractivity contribution in [3.05, 3.63) is 27.7 Å². The number of ether oxygens (including phenoxy) is 2. The second-order valence-corrected chi connectivity index (χ2v) is 5.50. The minimum absolute atomic E-state index is 0.384. The molecule has 2 rings (SSSR count). The molecule has 0 radical (unpaired) electrons. The number of rotatable bonds is 6. The highest BCUT2D eigenvalue weighted by atomic mass is 79.9. The zero-order valence-corrected chi connectivity index (χ0v) is 12.2. The quantitative estimate of drug-likeness (QED) is 0.821. The normalized spacial score (nSPS) is 15.3. The Morgan fingerprint density at radius 2 is 2.33 bits per heavy atom. The average Bonchev–Trinajstić information content (AvgIpc) is 2.77. The number of hydrogen-bond donors (Lipinski definition) is 1. The fraction of sp³-hybridized carbons (Fsp3) is 0.571. The van der Waals surface area contributed by atoms with Crippen LogP contribution in [0.2, 0.25) is 0 Å². The molecule has 1 heterocycles. The molecule has 1 aromatic carbocycles. The van der Waals surface area contributed by atoms with E-state index in [0.717, 1.165) is 35.2 Å². The molecule has 100 valence electrons. The van der Waals surface area contributed by atoms with Gasteiger partial charge in [0.2, 0.25) is 0 Å². The van der Waals surface area contributed by atoms with E-state index in [1.165, 1.54) is 5.56 Å². The predicted octanol–water partition coefficient (Wildman–Crippen LogP) is 2.71. The standard InChI is InChI=1S/C14H19BrO3/c1-2-4-17-9-13(16)8-11-7-12(15)6-10-3-5-18-14(10)11/h6-7,13,16H,2-5,8-9H2,1H3. The molecule has 1 aliphatic heterocycles. The highest BCUT2D eigenvalue weighted by Crippen LogP contribution is 2.33. The average molecular weight is 315 g/mol. The molecule has 3 nitrogen and oxygen atoms in total. The van der Waals surface area contributed by atoms with Gasteiger partial charge in [0.1, 0.15) is 5.75 Å². The summed E-state index contributed by atoms with van der Waals surface area (Å²) in [6, 6.07) is 4.11. The molecule has 1 atom stereocenters. The lowest BCUT2D eigenvalue weighted by Gasteiger charge is -2.14. The van der Waals surface area contributed by atoms with Crippen LogP contribution in [0.3, 0.4) is 0 Å². The SMILES string of the molecule is CCCOCC(O)Cc1cc(Br)cc2c1OCC2. The molecule has 0 amide bonds. The van der Waals surface area contributed by atoms with Gasteiger partial charge in [-0.3, -0.25) is 0 Å². The van der Waals surface area contributed by atoms with E-state index in [1.54, 1.807) is 0 Å². The number of aliphatic hydroxyl groups is 1. The van der Waals surface area contributed by atoms with Gasteiger partial charge in [0.15, 0.2) is 0 Å². The maximum Gasteiger partial charge on any atom is 0.125 e. The van der Waals surface area contributed by atoms with Crippen molar-refractivity contribution in [2.75, 3.05) is 19.8 Å². The molecule has 0 aliphatic carbocycles. The molecule has 0 bridgehead atoms. The van der Waals surface area contributed by atoms with E-state index < -0.39 is 6.10 Å². The van der Waals surface area contributed by atoms with E-state index in [1.807, 2.05) is 6.07 Å². The molecular formula is C14H19BrO3. The first kappa shape index (κ1) is 13.8. The van der Waals surface area contributed by atoms with E-state index >= 15 is 0 Å². The fourth-order valence-electron chi connectivity index (χ4n) is 2.17. The van der Waals surface area contributed by atoms with Crippen LogP contribution in [0.4, 0.5) is 0 Å². The molecule has 0 fully saturated rings. The summed E-state index contributed by atoms with van der Waals surface area (Å²) in [5.74, 6) is 0.952. The van der Waals surface area contributed by atoms with Crippen molar-refractivity contribution in [1.82, 2.24) is 0 Å². The smallest absolute Gasteiger partial charge is 0.125 e. The van der Waals surface area contributed by atoms with Crippen LogP contribution in [0, 0.1) is 0 Å². The molecule has 0 aromatic heterocycles. The summed E-state index contributed by atoms with van der Waals surface area (Å²) < 4.78 is 12.0. The van der Waals surface area contributed by atoms with Crippen LogP contribution in [-0.4, -0.2) is 31.0 Å². The highest BCUT2D eigenvalue weighted by molar-refractivity contribution is 9.10. The summed E-state index contributed by atoms with van der Waals surface area (Å²) in [5.41, 5.74) is 2.28. The topological polar surface area (TPSA) is 38.7 Å². The van der Waals surface area contributed by atoms with Gasteiger partial charge in [0, 0.05) is 23.9 Å². The van der Waals surface area contributed by atoms with Gasteiger partial charge in [0.25, 0.3) is 0 Å². The molecule has 1 N–H and O–H groups in total. The molecule has 1 aromatic rings. The molecule has 18 heavy (non-hydrogen) atoms. The predicted molar refractivity (Wildman–Crippen MR) is 74.2 cm³/mol. The second kappa shape index (κ2) is 6.55. The van der Waals surface area contributed by atoms with Crippen molar-refractivity contribution in [2.45, 2.75) is 32.3 Å². The van der Waals surface area contributed by atoms with Crippen LogP contribution < -0.4 is 4.74 Å². The third-order valence-electron chi connectivity index (χ3n) is 2.94. The van der Waals surface area contributed by atoms with Crippen LogP contribution in [-0.2, 0) is 17.6 Å². The van der Waals surface area contributed by atoms with E-state index in [4.69, 9.17) is 9.47 Å². The number of benzene rings is 1. The van der Waals surface area contributed by atoms with Crippen molar-refractivity contribution >= 4 is 15.9 Å². The minimum atomic E-state index is -0.473.